The first-order chi connectivity index (χ1) is 19.6. The molecule has 214 valence electrons. The van der Waals surface area contributed by atoms with Crippen LogP contribution in [0.15, 0.2) is 71.8 Å². The Labute approximate surface area is 239 Å². The highest BCUT2D eigenvalue weighted by atomic mass is 28.4. The number of aliphatic hydroxyl groups excluding tert-OH is 1. The van der Waals surface area contributed by atoms with Gasteiger partial charge in [0, 0.05) is 13.5 Å². The second kappa shape index (κ2) is 10.9. The van der Waals surface area contributed by atoms with Crippen molar-refractivity contribution in [3.8, 4) is 12.3 Å². The van der Waals surface area contributed by atoms with Crippen LogP contribution in [0.5, 0.6) is 0 Å². The minimum atomic E-state index is -2.98. The number of methoxy groups -OCH3 is 1. The predicted octanol–water partition coefficient (Wildman–Crippen LogP) is 1.95. The third-order valence-corrected chi connectivity index (χ3v) is 12.8. The van der Waals surface area contributed by atoms with E-state index >= 15 is 0 Å². The van der Waals surface area contributed by atoms with Crippen LogP contribution in [0.3, 0.4) is 0 Å². The summed E-state index contributed by atoms with van der Waals surface area (Å²) < 4.78 is 21.2. The number of nitrogens with zero attached hydrogens (tertiary/aromatic N) is 3. The SMILES string of the molecule is C#CC[C@]1(CO[Si](c2ccccc2)(c2ccccc2)C(C)(C)C)O[C@@H](n2cnc3c(=O)[nH]c(N)nc32)[C@H](O)[C@@H]1OC. The van der Waals surface area contributed by atoms with Gasteiger partial charge in [0.05, 0.1) is 12.9 Å². The van der Waals surface area contributed by atoms with E-state index < -0.39 is 37.9 Å². The molecule has 1 saturated heterocycles. The summed E-state index contributed by atoms with van der Waals surface area (Å²) in [6.07, 6.45) is 4.32. The highest BCUT2D eigenvalue weighted by Gasteiger charge is 2.59. The number of anilines is 1. The van der Waals surface area contributed by atoms with Crippen molar-refractivity contribution in [2.24, 2.45) is 0 Å². The number of fused-ring (bicyclic) bond motifs is 1. The number of hydrogen-bond acceptors (Lipinski definition) is 8. The quantitative estimate of drug-likeness (QED) is 0.215. The predicted molar refractivity (Wildman–Crippen MR) is 159 cm³/mol. The van der Waals surface area contributed by atoms with Crippen molar-refractivity contribution in [3.63, 3.8) is 0 Å². The number of H-pyrrole nitrogens is 1. The molecule has 1 fully saturated rings. The molecule has 0 saturated carbocycles. The number of aromatic amines is 1. The van der Waals surface area contributed by atoms with Crippen molar-refractivity contribution in [2.75, 3.05) is 19.5 Å². The van der Waals surface area contributed by atoms with Gasteiger partial charge in [0.1, 0.15) is 17.8 Å². The molecule has 4 atom stereocenters. The molecule has 10 nitrogen and oxygen atoms in total. The van der Waals surface area contributed by atoms with Crippen LogP contribution in [0.4, 0.5) is 5.95 Å². The second-order valence-corrected chi connectivity index (χ2v) is 15.6. The van der Waals surface area contributed by atoms with Gasteiger partial charge in [-0.05, 0) is 15.4 Å². The lowest BCUT2D eigenvalue weighted by atomic mass is 9.92. The van der Waals surface area contributed by atoms with Crippen molar-refractivity contribution in [3.05, 3.63) is 77.3 Å². The van der Waals surface area contributed by atoms with E-state index in [4.69, 9.17) is 26.1 Å². The average molecular weight is 574 g/mol. The maximum atomic E-state index is 12.4. The number of nitrogens with two attached hydrogens (primary N) is 1. The summed E-state index contributed by atoms with van der Waals surface area (Å²) >= 11 is 0. The van der Waals surface area contributed by atoms with Gasteiger partial charge in [-0.3, -0.25) is 14.3 Å². The monoisotopic (exact) mass is 573 g/mol. The molecular formula is C30H35N5O5Si. The molecule has 0 unspecified atom stereocenters. The number of aromatic nitrogens is 4. The number of nitrogen functional groups attached to an aromatic ring is 1. The highest BCUT2D eigenvalue weighted by Crippen LogP contribution is 2.44. The molecule has 2 aromatic carbocycles. The normalized spacial score (nSPS) is 23.1. The minimum absolute atomic E-state index is 0.0410. The van der Waals surface area contributed by atoms with Gasteiger partial charge in [-0.25, -0.2) is 4.98 Å². The van der Waals surface area contributed by atoms with Gasteiger partial charge >= 0.3 is 0 Å². The molecule has 0 aliphatic carbocycles. The van der Waals surface area contributed by atoms with Crippen molar-refractivity contribution in [1.82, 2.24) is 19.5 Å². The molecule has 0 amide bonds. The maximum Gasteiger partial charge on any atom is 0.280 e. The van der Waals surface area contributed by atoms with E-state index in [0.717, 1.165) is 10.4 Å². The Morgan fingerprint density at radius 1 is 1.17 bits per heavy atom. The molecule has 5 rings (SSSR count). The molecule has 0 radical (unpaired) electrons. The van der Waals surface area contributed by atoms with Crippen molar-refractivity contribution in [1.29, 1.82) is 0 Å². The first kappa shape index (κ1) is 28.7. The van der Waals surface area contributed by atoms with Gasteiger partial charge in [-0.15, -0.1) is 12.3 Å². The lowest BCUT2D eigenvalue weighted by Gasteiger charge is -2.45. The van der Waals surface area contributed by atoms with E-state index in [1.165, 1.54) is 18.0 Å². The Hall–Kier alpha value is -3.79. The topological polar surface area (TPSA) is 138 Å². The summed E-state index contributed by atoms with van der Waals surface area (Å²) in [6, 6.07) is 20.4. The van der Waals surface area contributed by atoms with Crippen LogP contribution < -0.4 is 21.7 Å². The van der Waals surface area contributed by atoms with Crippen LogP contribution in [0.25, 0.3) is 11.2 Å². The molecule has 1 aliphatic rings. The van der Waals surface area contributed by atoms with Gasteiger partial charge in [-0.2, -0.15) is 4.98 Å². The van der Waals surface area contributed by atoms with E-state index in [2.05, 4.69) is 65.9 Å². The fourth-order valence-electron chi connectivity index (χ4n) is 6.02. The molecule has 0 spiro atoms. The molecule has 1 aliphatic heterocycles. The third-order valence-electron chi connectivity index (χ3n) is 7.81. The zero-order valence-corrected chi connectivity index (χ0v) is 24.6. The molecule has 3 heterocycles. The van der Waals surface area contributed by atoms with Gasteiger partial charge in [0.2, 0.25) is 5.95 Å². The lowest BCUT2D eigenvalue weighted by molar-refractivity contribution is -0.127. The number of imidazole rings is 1. The molecule has 0 bridgehead atoms. The van der Waals surface area contributed by atoms with E-state index in [0.29, 0.717) is 0 Å². The fourth-order valence-corrected chi connectivity index (χ4v) is 10.6. The summed E-state index contributed by atoms with van der Waals surface area (Å²) in [5, 5.41) is 13.4. The summed E-state index contributed by atoms with van der Waals surface area (Å²) in [5.41, 5.74) is 4.33. The maximum absolute atomic E-state index is 12.4. The van der Waals surface area contributed by atoms with Crippen LogP contribution in [0, 0.1) is 12.3 Å². The van der Waals surface area contributed by atoms with Crippen LogP contribution in [-0.2, 0) is 13.9 Å². The van der Waals surface area contributed by atoms with E-state index in [1.807, 2.05) is 36.4 Å². The Balaban J connectivity index is 1.61. The number of hydrogen-bond donors (Lipinski definition) is 3. The van der Waals surface area contributed by atoms with Crippen molar-refractivity contribution < 1.29 is 19.0 Å². The standard InChI is InChI=1S/C30H35N5O5Si/c1-6-17-30(18-39-41(29(2,3)4,20-13-9-7-10-14-20)21-15-11-8-12-16-21)24(38-5)23(36)27(40-30)35-19-32-22-25(35)33-28(31)34-26(22)37/h1,7-16,19,23-24,27,36H,17-18H2,2-5H3,(H3,31,33,34,37)/t23-,24+,27-,30-/m1/s1. The summed E-state index contributed by atoms with van der Waals surface area (Å²) in [4.78, 5) is 23.3. The Kier molecular flexibility index (Phi) is 7.63. The van der Waals surface area contributed by atoms with Gasteiger partial charge < -0.3 is 24.7 Å². The Morgan fingerprint density at radius 2 is 1.78 bits per heavy atom. The number of rotatable bonds is 8. The first-order valence-electron chi connectivity index (χ1n) is 13.4. The summed E-state index contributed by atoms with van der Waals surface area (Å²) in [7, 11) is -1.48. The average Bonchev–Trinajstić information content (AvgIpc) is 3.48. The number of aliphatic hydroxyl groups is 1. The fraction of sp³-hybridized carbons (Fsp3) is 0.367. The second-order valence-electron chi connectivity index (χ2n) is 11.3. The van der Waals surface area contributed by atoms with Crippen LogP contribution in [0.2, 0.25) is 5.04 Å². The largest absolute Gasteiger partial charge is 0.404 e. The highest BCUT2D eigenvalue weighted by molar-refractivity contribution is 6.99. The van der Waals surface area contributed by atoms with E-state index in [-0.39, 0.29) is 35.2 Å². The lowest BCUT2D eigenvalue weighted by Crippen LogP contribution is -2.68. The van der Waals surface area contributed by atoms with Crippen LogP contribution in [0.1, 0.15) is 33.4 Å². The van der Waals surface area contributed by atoms with Gasteiger partial charge in [0.15, 0.2) is 17.4 Å². The smallest absolute Gasteiger partial charge is 0.280 e. The van der Waals surface area contributed by atoms with Crippen molar-refractivity contribution >= 4 is 35.8 Å². The van der Waals surface area contributed by atoms with Gasteiger partial charge in [-0.1, -0.05) is 81.4 Å². The summed E-state index contributed by atoms with van der Waals surface area (Å²) in [5.74, 6) is 2.64. The van der Waals surface area contributed by atoms with Crippen LogP contribution in [-0.4, -0.2) is 64.5 Å². The molecule has 4 N–H and O–H groups in total. The minimum Gasteiger partial charge on any atom is -0.404 e. The Morgan fingerprint density at radius 3 is 2.32 bits per heavy atom. The van der Waals surface area contributed by atoms with E-state index in [1.54, 1.807) is 0 Å². The Bertz CT molecular complexity index is 1570. The van der Waals surface area contributed by atoms with Crippen LogP contribution >= 0.6 is 0 Å². The number of benzene rings is 2. The molecular weight excluding hydrogens is 538 g/mol. The molecule has 11 heteroatoms. The molecule has 4 aromatic rings. The van der Waals surface area contributed by atoms with E-state index in [9.17, 15) is 9.90 Å². The van der Waals surface area contributed by atoms with Crippen molar-refractivity contribution in [2.45, 2.75) is 56.3 Å². The molecule has 41 heavy (non-hydrogen) atoms. The number of terminal acetylenes is 1. The molecule has 2 aromatic heterocycles. The number of nitrogens with one attached hydrogen (secondary N) is 1. The number of ether oxygens (including phenoxy) is 2. The zero-order chi connectivity index (χ0) is 29.4. The summed E-state index contributed by atoms with van der Waals surface area (Å²) in [6.45, 7) is 6.58. The third kappa shape index (κ3) is 4.77. The van der Waals surface area contributed by atoms with Gasteiger partial charge in [0.25, 0.3) is 13.9 Å². The first-order valence-corrected chi connectivity index (χ1v) is 15.3. The zero-order valence-electron chi connectivity index (χ0n) is 23.6.